The van der Waals surface area contributed by atoms with E-state index in [0.717, 1.165) is 19.6 Å². The highest BCUT2D eigenvalue weighted by Crippen LogP contribution is 2.28. The quantitative estimate of drug-likeness (QED) is 0.866. The van der Waals surface area contributed by atoms with Gasteiger partial charge in [0.1, 0.15) is 0 Å². The molecule has 1 fully saturated rings. The zero-order valence-corrected chi connectivity index (χ0v) is 14.7. The first-order valence-electron chi connectivity index (χ1n) is 7.02. The van der Waals surface area contributed by atoms with Crippen molar-refractivity contribution in [2.45, 2.75) is 25.3 Å². The zero-order valence-electron chi connectivity index (χ0n) is 12.3. The lowest BCUT2D eigenvalue weighted by Gasteiger charge is -2.33. The van der Waals surface area contributed by atoms with Gasteiger partial charge in [-0.1, -0.05) is 22.9 Å². The van der Waals surface area contributed by atoms with Gasteiger partial charge in [0.25, 0.3) is 0 Å². The maximum Gasteiger partial charge on any atom is 0.243 e. The van der Waals surface area contributed by atoms with E-state index in [4.69, 9.17) is 0 Å². The van der Waals surface area contributed by atoms with Gasteiger partial charge in [-0.25, -0.2) is 8.42 Å². The van der Waals surface area contributed by atoms with E-state index in [0.29, 0.717) is 28.7 Å². The third-order valence-corrected chi connectivity index (χ3v) is 6.78. The minimum Gasteiger partial charge on any atom is -0.392 e. The Morgan fingerprint density at radius 2 is 1.86 bits per heavy atom. The van der Waals surface area contributed by atoms with Crippen LogP contribution in [0.3, 0.4) is 0 Å². The minimum absolute atomic E-state index is 0.176. The van der Waals surface area contributed by atoms with Crippen LogP contribution in [-0.4, -0.2) is 55.5 Å². The lowest BCUT2D eigenvalue weighted by atomic mass is 10.2. The summed E-state index contributed by atoms with van der Waals surface area (Å²) in [6.07, 6.45) is 0. The fourth-order valence-corrected chi connectivity index (χ4v) is 4.85. The van der Waals surface area contributed by atoms with Gasteiger partial charge in [0.05, 0.1) is 11.5 Å². The van der Waals surface area contributed by atoms with Gasteiger partial charge >= 0.3 is 0 Å². The summed E-state index contributed by atoms with van der Waals surface area (Å²) in [5.41, 5.74) is 1.28. The molecule has 21 heavy (non-hydrogen) atoms. The highest BCUT2D eigenvalue weighted by Gasteiger charge is 2.30. The van der Waals surface area contributed by atoms with Crippen molar-refractivity contribution in [3.8, 4) is 0 Å². The molecule has 1 aromatic carbocycles. The molecule has 0 aromatic heterocycles. The van der Waals surface area contributed by atoms with E-state index in [9.17, 15) is 13.5 Å². The minimum atomic E-state index is -3.51. The molecule has 5 nitrogen and oxygen atoms in total. The van der Waals surface area contributed by atoms with E-state index >= 15 is 0 Å². The van der Waals surface area contributed by atoms with E-state index in [1.165, 1.54) is 4.31 Å². The van der Waals surface area contributed by atoms with E-state index in [1.54, 1.807) is 19.1 Å². The van der Waals surface area contributed by atoms with Crippen LogP contribution >= 0.6 is 15.9 Å². The SMILES string of the molecule is CCN1CCN(S(=O)(=O)c2cc(CO)cc(Br)c2C)CC1. The molecule has 1 heterocycles. The summed E-state index contributed by atoms with van der Waals surface area (Å²) >= 11 is 3.37. The predicted molar refractivity (Wildman–Crippen MR) is 85.7 cm³/mol. The third kappa shape index (κ3) is 3.48. The van der Waals surface area contributed by atoms with E-state index in [-0.39, 0.29) is 11.5 Å². The molecule has 118 valence electrons. The lowest BCUT2D eigenvalue weighted by Crippen LogP contribution is -2.48. The summed E-state index contributed by atoms with van der Waals surface area (Å²) in [7, 11) is -3.51. The van der Waals surface area contributed by atoms with Gasteiger partial charge in [-0.3, -0.25) is 0 Å². The largest absolute Gasteiger partial charge is 0.392 e. The molecule has 0 bridgehead atoms. The first kappa shape index (κ1) is 16.9. The van der Waals surface area contributed by atoms with Crippen LogP contribution in [0, 0.1) is 6.92 Å². The first-order chi connectivity index (χ1) is 9.90. The number of likely N-dealkylation sites (N-methyl/N-ethyl adjacent to an activating group) is 1. The topological polar surface area (TPSA) is 60.9 Å². The van der Waals surface area contributed by atoms with Crippen LogP contribution in [0.25, 0.3) is 0 Å². The van der Waals surface area contributed by atoms with Crippen molar-refractivity contribution in [3.05, 3.63) is 27.7 Å². The Hall–Kier alpha value is -0.470. The second-order valence-electron chi connectivity index (χ2n) is 5.20. The number of nitrogens with zero attached hydrogens (tertiary/aromatic N) is 2. The van der Waals surface area contributed by atoms with Gasteiger partial charge in [0.15, 0.2) is 0 Å². The summed E-state index contributed by atoms with van der Waals surface area (Å²) < 4.78 is 27.9. The Morgan fingerprint density at radius 1 is 1.24 bits per heavy atom. The zero-order chi connectivity index (χ0) is 15.6. The number of benzene rings is 1. The van der Waals surface area contributed by atoms with Crippen molar-refractivity contribution in [2.24, 2.45) is 0 Å². The molecule has 1 aromatic rings. The maximum atomic E-state index is 12.8. The Labute approximate surface area is 134 Å². The molecular formula is C14H21BrN2O3S. The first-order valence-corrected chi connectivity index (χ1v) is 9.25. The molecule has 1 aliphatic rings. The van der Waals surface area contributed by atoms with Crippen molar-refractivity contribution in [1.29, 1.82) is 0 Å². The van der Waals surface area contributed by atoms with Gasteiger partial charge in [-0.15, -0.1) is 0 Å². The Morgan fingerprint density at radius 3 is 2.38 bits per heavy atom. The summed E-state index contributed by atoms with van der Waals surface area (Å²) in [6, 6.07) is 3.32. The number of hydrogen-bond donors (Lipinski definition) is 1. The van der Waals surface area contributed by atoms with E-state index < -0.39 is 10.0 Å². The van der Waals surface area contributed by atoms with Crippen LogP contribution in [-0.2, 0) is 16.6 Å². The summed E-state index contributed by atoms with van der Waals surface area (Å²) in [6.45, 7) is 7.17. The average molecular weight is 377 g/mol. The Kier molecular flexibility index (Phi) is 5.43. The molecule has 0 spiro atoms. The highest BCUT2D eigenvalue weighted by molar-refractivity contribution is 9.10. The van der Waals surface area contributed by atoms with Crippen LogP contribution in [0.1, 0.15) is 18.1 Å². The third-order valence-electron chi connectivity index (χ3n) is 3.94. The predicted octanol–water partition coefficient (Wildman–Crippen LogP) is 1.58. The van der Waals surface area contributed by atoms with Gasteiger partial charge < -0.3 is 10.0 Å². The molecule has 0 aliphatic carbocycles. The fraction of sp³-hybridized carbons (Fsp3) is 0.571. The summed E-state index contributed by atoms with van der Waals surface area (Å²) in [5.74, 6) is 0. The molecule has 1 N–H and O–H groups in total. The number of aliphatic hydroxyl groups is 1. The molecule has 0 atom stereocenters. The summed E-state index contributed by atoms with van der Waals surface area (Å²) in [4.78, 5) is 2.52. The Bertz CT molecular complexity index is 611. The van der Waals surface area contributed by atoms with Crippen molar-refractivity contribution in [3.63, 3.8) is 0 Å². The van der Waals surface area contributed by atoms with Crippen molar-refractivity contribution >= 4 is 26.0 Å². The van der Waals surface area contributed by atoms with Crippen molar-refractivity contribution < 1.29 is 13.5 Å². The van der Waals surface area contributed by atoms with Crippen LogP contribution < -0.4 is 0 Å². The standard InChI is InChI=1S/C14H21BrN2O3S/c1-3-16-4-6-17(7-5-16)21(19,20)14-9-12(10-18)8-13(15)11(14)2/h8-9,18H,3-7,10H2,1-2H3. The van der Waals surface area contributed by atoms with Crippen LogP contribution in [0.4, 0.5) is 0 Å². The highest BCUT2D eigenvalue weighted by atomic mass is 79.9. The van der Waals surface area contributed by atoms with Crippen LogP contribution in [0.15, 0.2) is 21.5 Å². The van der Waals surface area contributed by atoms with E-state index in [1.807, 2.05) is 0 Å². The molecule has 0 radical (unpaired) electrons. The second kappa shape index (κ2) is 6.75. The number of hydrogen-bond acceptors (Lipinski definition) is 4. The number of sulfonamides is 1. The number of rotatable bonds is 4. The normalized spacial score (nSPS) is 18.1. The fourth-order valence-electron chi connectivity index (χ4n) is 2.49. The smallest absolute Gasteiger partial charge is 0.243 e. The number of piperazine rings is 1. The number of aliphatic hydroxyl groups excluding tert-OH is 1. The van der Waals surface area contributed by atoms with Crippen LogP contribution in [0.2, 0.25) is 0 Å². The molecule has 1 saturated heterocycles. The van der Waals surface area contributed by atoms with E-state index in [2.05, 4.69) is 27.8 Å². The van der Waals surface area contributed by atoms with Gasteiger partial charge in [-0.05, 0) is 36.7 Å². The van der Waals surface area contributed by atoms with Gasteiger partial charge in [-0.2, -0.15) is 4.31 Å². The van der Waals surface area contributed by atoms with Gasteiger partial charge in [0.2, 0.25) is 10.0 Å². The average Bonchev–Trinajstić information content (AvgIpc) is 2.49. The maximum absolute atomic E-state index is 12.8. The van der Waals surface area contributed by atoms with Gasteiger partial charge in [0, 0.05) is 30.7 Å². The molecule has 0 amide bonds. The lowest BCUT2D eigenvalue weighted by molar-refractivity contribution is 0.196. The molecular weight excluding hydrogens is 356 g/mol. The molecule has 1 aliphatic heterocycles. The summed E-state index contributed by atoms with van der Waals surface area (Å²) in [5, 5.41) is 9.28. The molecule has 0 unspecified atom stereocenters. The second-order valence-corrected chi connectivity index (χ2v) is 7.96. The number of halogens is 1. The monoisotopic (exact) mass is 376 g/mol. The van der Waals surface area contributed by atoms with Crippen molar-refractivity contribution in [1.82, 2.24) is 9.21 Å². The van der Waals surface area contributed by atoms with Crippen molar-refractivity contribution in [2.75, 3.05) is 32.7 Å². The molecule has 7 heteroatoms. The Balaban J connectivity index is 2.34. The molecule has 0 saturated carbocycles. The van der Waals surface area contributed by atoms with Crippen LogP contribution in [0.5, 0.6) is 0 Å². The molecule has 2 rings (SSSR count).